The lowest BCUT2D eigenvalue weighted by atomic mass is 10.0. The number of hydrogen-bond acceptors (Lipinski definition) is 5. The van der Waals surface area contributed by atoms with Crippen LogP contribution in [-0.2, 0) is 0 Å². The average Bonchev–Trinajstić information content (AvgIpc) is 3.25. The summed E-state index contributed by atoms with van der Waals surface area (Å²) in [5, 5.41) is 4.28. The van der Waals surface area contributed by atoms with E-state index in [0.29, 0.717) is 0 Å². The highest BCUT2D eigenvalue weighted by molar-refractivity contribution is 8.02. The Balaban J connectivity index is 1.55. The van der Waals surface area contributed by atoms with Gasteiger partial charge in [-0.15, -0.1) is 22.7 Å². The van der Waals surface area contributed by atoms with Gasteiger partial charge in [0, 0.05) is 21.9 Å². The minimum Gasteiger partial charge on any atom is -0.229 e. The van der Waals surface area contributed by atoms with Crippen LogP contribution in [0.4, 0.5) is 0 Å². The molecule has 2 heterocycles. The molecule has 4 aromatic rings. The summed E-state index contributed by atoms with van der Waals surface area (Å²) in [6.07, 6.45) is 0. The number of aromatic nitrogens is 2. The van der Waals surface area contributed by atoms with E-state index in [-0.39, 0.29) is 0 Å². The predicted octanol–water partition coefficient (Wildman–Crippen LogP) is 7.32. The minimum atomic E-state index is 1.03. The van der Waals surface area contributed by atoms with Crippen molar-refractivity contribution < 1.29 is 0 Å². The highest BCUT2D eigenvalue weighted by atomic mass is 32.2. The van der Waals surface area contributed by atoms with Gasteiger partial charge in [0.05, 0.1) is 11.4 Å². The molecule has 0 aliphatic rings. The van der Waals surface area contributed by atoms with Crippen LogP contribution in [0.5, 0.6) is 0 Å². The Morgan fingerprint density at radius 3 is 1.52 bits per heavy atom. The first kappa shape index (κ1) is 18.4. The van der Waals surface area contributed by atoms with Crippen molar-refractivity contribution in [3.63, 3.8) is 0 Å². The molecule has 0 fully saturated rings. The van der Waals surface area contributed by atoms with Crippen molar-refractivity contribution in [2.24, 2.45) is 0 Å². The molecule has 0 aliphatic heterocycles. The van der Waals surface area contributed by atoms with Crippen molar-refractivity contribution >= 4 is 34.4 Å². The highest BCUT2D eigenvalue weighted by Crippen LogP contribution is 2.37. The van der Waals surface area contributed by atoms with E-state index in [2.05, 4.69) is 74.9 Å². The predicted molar refractivity (Wildman–Crippen MR) is 118 cm³/mol. The molecule has 2 nitrogen and oxygen atoms in total. The molecule has 0 unspecified atom stereocenters. The van der Waals surface area contributed by atoms with Gasteiger partial charge >= 0.3 is 0 Å². The molecule has 27 heavy (non-hydrogen) atoms. The van der Waals surface area contributed by atoms with Gasteiger partial charge in [-0.3, -0.25) is 0 Å². The summed E-state index contributed by atoms with van der Waals surface area (Å²) in [5.74, 6) is 0. The summed E-state index contributed by atoms with van der Waals surface area (Å²) >= 11 is 5.01. The number of nitrogens with zero attached hydrogens (tertiary/aromatic N) is 2. The fourth-order valence-electron chi connectivity index (χ4n) is 3.13. The van der Waals surface area contributed by atoms with Crippen LogP contribution in [0.3, 0.4) is 0 Å². The molecule has 0 saturated carbocycles. The van der Waals surface area contributed by atoms with E-state index in [1.165, 1.54) is 33.4 Å². The summed E-state index contributed by atoms with van der Waals surface area (Å²) in [5.41, 5.74) is 9.60. The van der Waals surface area contributed by atoms with Gasteiger partial charge in [0.1, 0.15) is 0 Å². The third-order valence-corrected chi connectivity index (χ3v) is 7.33. The van der Waals surface area contributed by atoms with Crippen LogP contribution in [0.2, 0.25) is 0 Å². The van der Waals surface area contributed by atoms with Gasteiger partial charge in [-0.2, -0.15) is 0 Å². The van der Waals surface area contributed by atoms with Crippen LogP contribution >= 0.6 is 34.4 Å². The molecule has 2 aromatic heterocycles. The van der Waals surface area contributed by atoms with Gasteiger partial charge in [-0.25, -0.2) is 9.97 Å². The SMILES string of the molecule is Cc1ccc(-c2csc(Sc3nc(-c4ccc(C)cc4C)cs3)n2)c(C)c1. The van der Waals surface area contributed by atoms with Crippen molar-refractivity contribution in [2.45, 2.75) is 36.4 Å². The van der Waals surface area contributed by atoms with Crippen LogP contribution in [0.25, 0.3) is 22.5 Å². The standard InChI is InChI=1S/C22H20N2S3/c1-13-5-7-17(15(3)9-13)19-11-25-21(23-19)27-22-24-20(12-26-22)18-8-6-14(2)10-16(18)4/h5-12H,1-4H3. The fraction of sp³-hybridized carbons (Fsp3) is 0.182. The average molecular weight is 409 g/mol. The van der Waals surface area contributed by atoms with Crippen LogP contribution in [0.15, 0.2) is 55.8 Å². The minimum absolute atomic E-state index is 1.03. The molecule has 0 bridgehead atoms. The number of thiazole rings is 2. The van der Waals surface area contributed by atoms with Gasteiger partial charge in [-0.05, 0) is 50.6 Å². The molecule has 136 valence electrons. The molecule has 0 atom stereocenters. The molecular weight excluding hydrogens is 388 g/mol. The second kappa shape index (κ2) is 7.58. The maximum Gasteiger partial charge on any atom is 0.157 e. The molecule has 0 amide bonds. The lowest BCUT2D eigenvalue weighted by molar-refractivity contribution is 1.21. The number of rotatable bonds is 4. The maximum absolute atomic E-state index is 4.83. The molecule has 0 spiro atoms. The second-order valence-electron chi connectivity index (χ2n) is 6.74. The van der Waals surface area contributed by atoms with Crippen molar-refractivity contribution in [3.05, 3.63) is 69.4 Å². The summed E-state index contributed by atoms with van der Waals surface area (Å²) in [6, 6.07) is 13.0. The molecule has 4 rings (SSSR count). The molecule has 0 saturated heterocycles. The zero-order valence-electron chi connectivity index (χ0n) is 15.7. The van der Waals surface area contributed by atoms with Gasteiger partial charge in [0.25, 0.3) is 0 Å². The van der Waals surface area contributed by atoms with Gasteiger partial charge in [0.15, 0.2) is 8.68 Å². The smallest absolute Gasteiger partial charge is 0.157 e. The molecular formula is C22H20N2S3. The normalized spacial score (nSPS) is 11.1. The first-order valence-electron chi connectivity index (χ1n) is 8.74. The third kappa shape index (κ3) is 4.00. The number of aryl methyl sites for hydroxylation is 4. The van der Waals surface area contributed by atoms with E-state index in [4.69, 9.17) is 9.97 Å². The van der Waals surface area contributed by atoms with Crippen molar-refractivity contribution in [1.82, 2.24) is 9.97 Å². The fourth-order valence-corrected chi connectivity index (χ4v) is 5.96. The summed E-state index contributed by atoms with van der Waals surface area (Å²) in [6.45, 7) is 8.53. The Kier molecular flexibility index (Phi) is 5.17. The zero-order valence-corrected chi connectivity index (χ0v) is 18.2. The Bertz CT molecular complexity index is 1020. The van der Waals surface area contributed by atoms with Crippen LogP contribution in [0.1, 0.15) is 22.3 Å². The molecule has 2 aromatic carbocycles. The monoisotopic (exact) mass is 408 g/mol. The van der Waals surface area contributed by atoms with Crippen molar-refractivity contribution in [2.75, 3.05) is 0 Å². The van der Waals surface area contributed by atoms with E-state index >= 15 is 0 Å². The van der Waals surface area contributed by atoms with Crippen molar-refractivity contribution in [1.29, 1.82) is 0 Å². The van der Waals surface area contributed by atoms with E-state index in [9.17, 15) is 0 Å². The number of hydrogen-bond donors (Lipinski definition) is 0. The lowest BCUT2D eigenvalue weighted by Crippen LogP contribution is -1.85. The van der Waals surface area contributed by atoms with Crippen LogP contribution in [0, 0.1) is 27.7 Å². The van der Waals surface area contributed by atoms with E-state index < -0.39 is 0 Å². The maximum atomic E-state index is 4.83. The first-order valence-corrected chi connectivity index (χ1v) is 11.3. The molecule has 0 aliphatic carbocycles. The van der Waals surface area contributed by atoms with E-state index in [1.807, 2.05) is 0 Å². The van der Waals surface area contributed by atoms with Gasteiger partial charge in [0.2, 0.25) is 0 Å². The molecule has 0 N–H and O–H groups in total. The Labute approximate surface area is 172 Å². The van der Waals surface area contributed by atoms with Gasteiger partial charge in [-0.1, -0.05) is 47.5 Å². The third-order valence-electron chi connectivity index (χ3n) is 4.46. The summed E-state index contributed by atoms with van der Waals surface area (Å²) in [4.78, 5) is 9.65. The summed E-state index contributed by atoms with van der Waals surface area (Å²) in [7, 11) is 0. The zero-order chi connectivity index (χ0) is 19.0. The lowest BCUT2D eigenvalue weighted by Gasteiger charge is -2.03. The van der Waals surface area contributed by atoms with Gasteiger partial charge < -0.3 is 0 Å². The van der Waals surface area contributed by atoms with E-state index in [0.717, 1.165) is 20.1 Å². The van der Waals surface area contributed by atoms with Crippen LogP contribution in [-0.4, -0.2) is 9.97 Å². The topological polar surface area (TPSA) is 25.8 Å². The molecule has 0 radical (unpaired) electrons. The summed E-state index contributed by atoms with van der Waals surface area (Å²) < 4.78 is 2.07. The second-order valence-corrected chi connectivity index (χ2v) is 9.95. The first-order chi connectivity index (χ1) is 13.0. The van der Waals surface area contributed by atoms with Crippen molar-refractivity contribution in [3.8, 4) is 22.5 Å². The highest BCUT2D eigenvalue weighted by Gasteiger charge is 2.12. The molecule has 5 heteroatoms. The van der Waals surface area contributed by atoms with Crippen LogP contribution < -0.4 is 0 Å². The largest absolute Gasteiger partial charge is 0.229 e. The quantitative estimate of drug-likeness (QED) is 0.354. The van der Waals surface area contributed by atoms with E-state index in [1.54, 1.807) is 34.4 Å². The Morgan fingerprint density at radius 2 is 1.11 bits per heavy atom. The Morgan fingerprint density at radius 1 is 0.667 bits per heavy atom. The number of benzene rings is 2. The Hall–Kier alpha value is -1.95.